The molecule has 8 heteroatoms. The lowest BCUT2D eigenvalue weighted by Crippen LogP contribution is -2.30. The first kappa shape index (κ1) is 21.2. The molecule has 0 bridgehead atoms. The number of carbonyl (C=O) groups excluding carboxylic acids is 2. The second-order valence-electron chi connectivity index (χ2n) is 6.99. The summed E-state index contributed by atoms with van der Waals surface area (Å²) < 4.78 is 6.23. The van der Waals surface area contributed by atoms with Gasteiger partial charge < -0.3 is 15.4 Å². The number of rotatable bonds is 7. The van der Waals surface area contributed by atoms with Gasteiger partial charge in [-0.2, -0.15) is 5.10 Å². The maximum Gasteiger partial charge on any atom is 0.276 e. The molecule has 3 aromatic rings. The van der Waals surface area contributed by atoms with Gasteiger partial charge in [0.25, 0.3) is 17.4 Å². The van der Waals surface area contributed by atoms with Crippen molar-refractivity contribution in [2.24, 2.45) is 0 Å². The van der Waals surface area contributed by atoms with Crippen molar-refractivity contribution >= 4 is 28.3 Å². The second-order valence-corrected chi connectivity index (χ2v) is 6.99. The van der Waals surface area contributed by atoms with Crippen LogP contribution < -0.4 is 16.2 Å². The highest BCUT2D eigenvalue weighted by atomic mass is 16.5. The van der Waals surface area contributed by atoms with Gasteiger partial charge in [0.05, 0.1) is 29.3 Å². The third-order valence-electron chi connectivity index (χ3n) is 4.54. The Hall–Kier alpha value is -3.52. The van der Waals surface area contributed by atoms with Gasteiger partial charge in [-0.05, 0) is 32.0 Å². The van der Waals surface area contributed by atoms with Crippen LogP contribution in [-0.2, 0) is 4.74 Å². The number of ether oxygens (including phenoxy) is 1. The lowest BCUT2D eigenvalue weighted by molar-refractivity contribution is 0.0938. The summed E-state index contributed by atoms with van der Waals surface area (Å²) in [5, 5.41) is 10.7. The van der Waals surface area contributed by atoms with Crippen LogP contribution >= 0.6 is 0 Å². The smallest absolute Gasteiger partial charge is 0.276 e. The van der Waals surface area contributed by atoms with Crippen LogP contribution in [0, 0.1) is 0 Å². The number of hydrogen-bond acceptors (Lipinski definition) is 5. The van der Waals surface area contributed by atoms with Crippen LogP contribution in [0.15, 0.2) is 53.3 Å². The van der Waals surface area contributed by atoms with E-state index in [9.17, 15) is 14.4 Å². The van der Waals surface area contributed by atoms with Crippen LogP contribution in [0.3, 0.4) is 0 Å². The minimum absolute atomic E-state index is 0.119. The number of para-hydroxylation sites is 1. The molecular weight excluding hydrogens is 384 g/mol. The third-order valence-corrected chi connectivity index (χ3v) is 4.54. The van der Waals surface area contributed by atoms with Crippen molar-refractivity contribution in [2.45, 2.75) is 19.9 Å². The van der Waals surface area contributed by atoms with Gasteiger partial charge in [0.1, 0.15) is 0 Å². The van der Waals surface area contributed by atoms with E-state index in [1.54, 1.807) is 55.6 Å². The molecule has 0 saturated heterocycles. The van der Waals surface area contributed by atoms with E-state index in [-0.39, 0.29) is 23.2 Å². The van der Waals surface area contributed by atoms with E-state index in [1.807, 2.05) is 13.8 Å². The lowest BCUT2D eigenvalue weighted by atomic mass is 10.1. The molecule has 30 heavy (non-hydrogen) atoms. The van der Waals surface area contributed by atoms with Crippen molar-refractivity contribution in [1.29, 1.82) is 0 Å². The average Bonchev–Trinajstić information content (AvgIpc) is 2.74. The van der Waals surface area contributed by atoms with Gasteiger partial charge in [-0.15, -0.1) is 0 Å². The number of anilines is 1. The van der Waals surface area contributed by atoms with E-state index in [1.165, 1.54) is 4.68 Å². The number of fused-ring (bicyclic) bond motifs is 1. The zero-order valence-electron chi connectivity index (χ0n) is 17.1. The van der Waals surface area contributed by atoms with Crippen LogP contribution in [0.5, 0.6) is 0 Å². The molecule has 2 aromatic carbocycles. The first-order chi connectivity index (χ1) is 14.4. The highest BCUT2D eigenvalue weighted by molar-refractivity contribution is 6.13. The molecule has 0 saturated carbocycles. The minimum Gasteiger partial charge on any atom is -0.383 e. The highest BCUT2D eigenvalue weighted by Gasteiger charge is 2.20. The molecule has 3 rings (SSSR count). The van der Waals surface area contributed by atoms with Crippen LogP contribution in [0.1, 0.15) is 40.7 Å². The predicted octanol–water partition coefficient (Wildman–Crippen LogP) is 2.61. The molecule has 1 heterocycles. The molecule has 0 fully saturated rings. The largest absolute Gasteiger partial charge is 0.383 e. The van der Waals surface area contributed by atoms with Crippen LogP contribution in [-0.4, -0.2) is 41.9 Å². The Labute approximate surface area is 173 Å². The first-order valence-corrected chi connectivity index (χ1v) is 9.63. The van der Waals surface area contributed by atoms with Gasteiger partial charge in [0, 0.05) is 19.0 Å². The fourth-order valence-corrected chi connectivity index (χ4v) is 3.06. The maximum atomic E-state index is 13.1. The Kier molecular flexibility index (Phi) is 6.58. The number of aromatic nitrogens is 2. The summed E-state index contributed by atoms with van der Waals surface area (Å²) in [6, 6.07) is 13.3. The monoisotopic (exact) mass is 408 g/mol. The molecule has 0 aliphatic carbocycles. The van der Waals surface area contributed by atoms with Crippen LogP contribution in [0.25, 0.3) is 10.8 Å². The molecule has 1 aromatic heterocycles. The molecule has 8 nitrogen and oxygen atoms in total. The zero-order valence-corrected chi connectivity index (χ0v) is 17.1. The predicted molar refractivity (Wildman–Crippen MR) is 115 cm³/mol. The lowest BCUT2D eigenvalue weighted by Gasteiger charge is -2.15. The summed E-state index contributed by atoms with van der Waals surface area (Å²) in [5.41, 5.74) is 0.539. The Morgan fingerprint density at radius 1 is 1.03 bits per heavy atom. The molecule has 0 atom stereocenters. The van der Waals surface area contributed by atoms with Crippen molar-refractivity contribution in [3.8, 4) is 0 Å². The standard InChI is InChI=1S/C22H24N4O4/c1-14(2)26-22(29)16-9-5-4-8-15(16)19(25-26)21(28)24-18-11-7-6-10-17(18)20(27)23-12-13-30-3/h4-11,14H,12-13H2,1-3H3,(H,23,27)(H,24,28). The molecule has 2 N–H and O–H groups in total. The SMILES string of the molecule is COCCNC(=O)c1ccccc1NC(=O)c1nn(C(C)C)c(=O)c2ccccc12. The third kappa shape index (κ3) is 4.38. The Morgan fingerprint density at radius 3 is 2.40 bits per heavy atom. The van der Waals surface area contributed by atoms with E-state index in [2.05, 4.69) is 15.7 Å². The summed E-state index contributed by atoms with van der Waals surface area (Å²) in [5.74, 6) is -0.828. The van der Waals surface area contributed by atoms with E-state index in [0.717, 1.165) is 0 Å². The van der Waals surface area contributed by atoms with Gasteiger partial charge in [0.15, 0.2) is 5.69 Å². The first-order valence-electron chi connectivity index (χ1n) is 9.63. The summed E-state index contributed by atoms with van der Waals surface area (Å²) >= 11 is 0. The topological polar surface area (TPSA) is 102 Å². The quantitative estimate of drug-likeness (QED) is 0.585. The average molecular weight is 408 g/mol. The highest BCUT2D eigenvalue weighted by Crippen LogP contribution is 2.19. The second kappa shape index (κ2) is 9.32. The molecule has 0 aliphatic heterocycles. The van der Waals surface area contributed by atoms with E-state index < -0.39 is 5.91 Å². The van der Waals surface area contributed by atoms with Gasteiger partial charge in [-0.1, -0.05) is 30.3 Å². The fourth-order valence-electron chi connectivity index (χ4n) is 3.06. The van der Waals surface area contributed by atoms with Crippen LogP contribution in [0.2, 0.25) is 0 Å². The Bertz CT molecular complexity index is 1140. The van der Waals surface area contributed by atoms with E-state index in [0.29, 0.717) is 35.2 Å². The van der Waals surface area contributed by atoms with Gasteiger partial charge >= 0.3 is 0 Å². The number of benzene rings is 2. The van der Waals surface area contributed by atoms with Gasteiger partial charge in [0.2, 0.25) is 0 Å². The summed E-state index contributed by atoms with van der Waals surface area (Å²) in [6.07, 6.45) is 0. The Balaban J connectivity index is 1.98. The molecular formula is C22H24N4O4. The number of carbonyl (C=O) groups is 2. The number of nitrogens with one attached hydrogen (secondary N) is 2. The number of amides is 2. The number of methoxy groups -OCH3 is 1. The molecule has 2 amide bonds. The van der Waals surface area contributed by atoms with Crippen molar-refractivity contribution in [3.63, 3.8) is 0 Å². The summed E-state index contributed by atoms with van der Waals surface area (Å²) in [6.45, 7) is 4.38. The zero-order chi connectivity index (χ0) is 21.7. The number of nitrogens with zero attached hydrogens (tertiary/aromatic N) is 2. The van der Waals surface area contributed by atoms with E-state index >= 15 is 0 Å². The van der Waals surface area contributed by atoms with Gasteiger partial charge in [-0.3, -0.25) is 14.4 Å². The fraction of sp³-hybridized carbons (Fsp3) is 0.273. The number of hydrogen-bond donors (Lipinski definition) is 2. The van der Waals surface area contributed by atoms with Gasteiger partial charge in [-0.25, -0.2) is 4.68 Å². The molecule has 0 aliphatic rings. The van der Waals surface area contributed by atoms with Crippen molar-refractivity contribution in [1.82, 2.24) is 15.1 Å². The van der Waals surface area contributed by atoms with Crippen molar-refractivity contribution in [2.75, 3.05) is 25.6 Å². The van der Waals surface area contributed by atoms with Crippen molar-refractivity contribution < 1.29 is 14.3 Å². The Morgan fingerprint density at radius 2 is 1.70 bits per heavy atom. The normalized spacial score (nSPS) is 10.9. The van der Waals surface area contributed by atoms with Crippen molar-refractivity contribution in [3.05, 3.63) is 70.1 Å². The molecule has 0 radical (unpaired) electrons. The molecule has 0 spiro atoms. The van der Waals surface area contributed by atoms with E-state index in [4.69, 9.17) is 4.74 Å². The summed E-state index contributed by atoms with van der Waals surface area (Å²) in [7, 11) is 1.55. The summed E-state index contributed by atoms with van der Waals surface area (Å²) in [4.78, 5) is 38.3. The minimum atomic E-state index is -0.502. The molecule has 156 valence electrons. The molecule has 0 unspecified atom stereocenters. The maximum absolute atomic E-state index is 13.1. The van der Waals surface area contributed by atoms with Crippen LogP contribution in [0.4, 0.5) is 5.69 Å².